The van der Waals surface area contributed by atoms with Gasteiger partial charge in [0, 0.05) is 25.2 Å². The first-order valence-corrected chi connectivity index (χ1v) is 6.67. The minimum atomic E-state index is 0.0238. The molecule has 0 radical (unpaired) electrons. The molecule has 0 aliphatic carbocycles. The Bertz CT molecular complexity index is 536. The van der Waals surface area contributed by atoms with Crippen molar-refractivity contribution in [2.24, 2.45) is 5.73 Å². The van der Waals surface area contributed by atoms with Gasteiger partial charge in [-0.15, -0.1) is 10.2 Å². The Kier molecular flexibility index (Phi) is 3.31. The lowest BCUT2D eigenvalue weighted by Crippen LogP contribution is -2.44. The van der Waals surface area contributed by atoms with E-state index >= 15 is 0 Å². The first-order valence-electron chi connectivity index (χ1n) is 6.67. The monoisotopic (exact) mass is 257 g/mol. The van der Waals surface area contributed by atoms with Crippen LogP contribution in [0.25, 0.3) is 0 Å². The Morgan fingerprint density at radius 3 is 2.79 bits per heavy atom. The van der Waals surface area contributed by atoms with Crippen molar-refractivity contribution in [2.45, 2.75) is 32.1 Å². The topological polar surface area (TPSA) is 60.0 Å². The first kappa shape index (κ1) is 12.3. The Morgan fingerprint density at radius 2 is 2.00 bits per heavy atom. The van der Waals surface area contributed by atoms with Gasteiger partial charge in [-0.25, -0.2) is 0 Å². The van der Waals surface area contributed by atoms with Crippen molar-refractivity contribution < 1.29 is 0 Å². The Balaban J connectivity index is 1.73. The van der Waals surface area contributed by atoms with Crippen molar-refractivity contribution >= 4 is 0 Å². The molecular formula is C14H19N5. The first-order chi connectivity index (χ1) is 9.25. The summed E-state index contributed by atoms with van der Waals surface area (Å²) < 4.78 is 2.11. The number of aromatic nitrogens is 3. The third-order valence-electron chi connectivity index (χ3n) is 3.95. The summed E-state index contributed by atoms with van der Waals surface area (Å²) in [6.45, 7) is 4.94. The second-order valence-electron chi connectivity index (χ2n) is 5.09. The number of nitrogens with zero attached hydrogens (tertiary/aromatic N) is 4. The average Bonchev–Trinajstić information content (AvgIpc) is 2.94. The summed E-state index contributed by atoms with van der Waals surface area (Å²) in [5.41, 5.74) is 7.56. The summed E-state index contributed by atoms with van der Waals surface area (Å²) in [5, 5.41) is 8.11. The molecule has 0 saturated heterocycles. The average molecular weight is 257 g/mol. The lowest BCUT2D eigenvalue weighted by molar-refractivity contribution is 0.143. The highest BCUT2D eigenvalue weighted by Gasteiger charge is 2.26. The van der Waals surface area contributed by atoms with Gasteiger partial charge in [0.25, 0.3) is 0 Å². The van der Waals surface area contributed by atoms with Crippen molar-refractivity contribution in [2.75, 3.05) is 6.54 Å². The molecule has 0 amide bonds. The van der Waals surface area contributed by atoms with E-state index < -0.39 is 0 Å². The molecule has 1 aromatic carbocycles. The number of hydrogen-bond donors (Lipinski definition) is 1. The zero-order valence-electron chi connectivity index (χ0n) is 11.1. The summed E-state index contributed by atoms with van der Waals surface area (Å²) in [6.07, 6.45) is 1.80. The second kappa shape index (κ2) is 5.11. The molecule has 5 heteroatoms. The van der Waals surface area contributed by atoms with E-state index in [1.54, 1.807) is 6.33 Å². The Morgan fingerprint density at radius 1 is 1.21 bits per heavy atom. The fourth-order valence-electron chi connectivity index (χ4n) is 2.61. The molecule has 0 spiro atoms. The maximum Gasteiger partial charge on any atom is 0.147 e. The van der Waals surface area contributed by atoms with Gasteiger partial charge in [-0.2, -0.15) is 0 Å². The molecular weight excluding hydrogens is 238 g/mol. The summed E-state index contributed by atoms with van der Waals surface area (Å²) in [4.78, 5) is 2.38. The van der Waals surface area contributed by atoms with E-state index in [0.29, 0.717) is 0 Å². The molecule has 19 heavy (non-hydrogen) atoms. The summed E-state index contributed by atoms with van der Waals surface area (Å²) in [5.74, 6) is 1.03. The molecule has 1 aliphatic heterocycles. The van der Waals surface area contributed by atoms with Crippen molar-refractivity contribution in [1.82, 2.24) is 19.7 Å². The van der Waals surface area contributed by atoms with Crippen LogP contribution in [0, 0.1) is 0 Å². The van der Waals surface area contributed by atoms with Crippen LogP contribution in [-0.4, -0.2) is 32.3 Å². The predicted molar refractivity (Wildman–Crippen MR) is 73.3 cm³/mol. The molecule has 0 bridgehead atoms. The zero-order valence-corrected chi connectivity index (χ0v) is 11.1. The lowest BCUT2D eigenvalue weighted by Gasteiger charge is -2.35. The van der Waals surface area contributed by atoms with Gasteiger partial charge in [-0.05, 0) is 12.5 Å². The fourth-order valence-corrected chi connectivity index (χ4v) is 2.61. The molecule has 2 heterocycles. The van der Waals surface area contributed by atoms with E-state index in [9.17, 15) is 0 Å². The van der Waals surface area contributed by atoms with Crippen LogP contribution in [0.1, 0.15) is 24.4 Å². The fraction of sp³-hybridized carbons (Fsp3) is 0.429. The van der Waals surface area contributed by atoms with Crippen LogP contribution in [0.15, 0.2) is 36.7 Å². The van der Waals surface area contributed by atoms with E-state index in [0.717, 1.165) is 25.5 Å². The highest BCUT2D eigenvalue weighted by molar-refractivity contribution is 5.20. The molecule has 3 rings (SSSR count). The summed E-state index contributed by atoms with van der Waals surface area (Å²) >= 11 is 0. The van der Waals surface area contributed by atoms with Gasteiger partial charge in [0.05, 0.1) is 6.54 Å². The number of fused-ring (bicyclic) bond motifs is 1. The minimum absolute atomic E-state index is 0.0238. The molecule has 1 aliphatic rings. The Labute approximate surface area is 113 Å². The van der Waals surface area contributed by atoms with Crippen molar-refractivity contribution in [1.29, 1.82) is 0 Å². The number of nitrogens with two attached hydrogens (primary N) is 1. The number of benzene rings is 1. The highest BCUT2D eigenvalue weighted by atomic mass is 15.3. The molecule has 0 fully saturated rings. The maximum absolute atomic E-state index is 6.38. The van der Waals surface area contributed by atoms with Crippen LogP contribution in [0.5, 0.6) is 0 Å². The van der Waals surface area contributed by atoms with E-state index in [-0.39, 0.29) is 12.1 Å². The van der Waals surface area contributed by atoms with Crippen LogP contribution in [0.4, 0.5) is 0 Å². The molecule has 0 saturated carbocycles. The third kappa shape index (κ3) is 2.39. The molecule has 5 nitrogen and oxygen atoms in total. The van der Waals surface area contributed by atoms with Crippen molar-refractivity contribution in [3.8, 4) is 0 Å². The van der Waals surface area contributed by atoms with Crippen LogP contribution in [-0.2, 0) is 13.1 Å². The smallest absolute Gasteiger partial charge is 0.147 e. The van der Waals surface area contributed by atoms with Gasteiger partial charge in [0.15, 0.2) is 0 Å². The Hall–Kier alpha value is -1.72. The minimum Gasteiger partial charge on any atom is -0.323 e. The standard InChI is InChI=1S/C14H19N5/c1-11(14(15)12-5-3-2-4-6-12)18-7-8-19-10-16-17-13(19)9-18/h2-6,10-11,14H,7-9,15H2,1H3. The zero-order chi connectivity index (χ0) is 13.2. The second-order valence-corrected chi connectivity index (χ2v) is 5.09. The molecule has 100 valence electrons. The van der Waals surface area contributed by atoms with E-state index in [1.165, 1.54) is 5.56 Å². The van der Waals surface area contributed by atoms with Gasteiger partial charge >= 0.3 is 0 Å². The lowest BCUT2D eigenvalue weighted by atomic mass is 10.00. The normalized spacial score (nSPS) is 18.8. The maximum atomic E-state index is 6.38. The van der Waals surface area contributed by atoms with Gasteiger partial charge < -0.3 is 10.3 Å². The van der Waals surface area contributed by atoms with Gasteiger partial charge in [0.2, 0.25) is 0 Å². The highest BCUT2D eigenvalue weighted by Crippen LogP contribution is 2.21. The van der Waals surface area contributed by atoms with Gasteiger partial charge in [-0.3, -0.25) is 4.90 Å². The van der Waals surface area contributed by atoms with E-state index in [2.05, 4.69) is 38.7 Å². The van der Waals surface area contributed by atoms with Crippen molar-refractivity contribution in [3.05, 3.63) is 48.0 Å². The summed E-state index contributed by atoms with van der Waals surface area (Å²) in [6, 6.07) is 10.6. The van der Waals surface area contributed by atoms with Crippen LogP contribution < -0.4 is 5.73 Å². The predicted octanol–water partition coefficient (Wildman–Crippen LogP) is 1.18. The molecule has 2 atom stereocenters. The SMILES string of the molecule is CC(C(N)c1ccccc1)N1CCn2cnnc2C1. The number of hydrogen-bond acceptors (Lipinski definition) is 4. The van der Waals surface area contributed by atoms with Crippen LogP contribution >= 0.6 is 0 Å². The summed E-state index contributed by atoms with van der Waals surface area (Å²) in [7, 11) is 0. The van der Waals surface area contributed by atoms with Crippen LogP contribution in [0.2, 0.25) is 0 Å². The molecule has 1 aromatic heterocycles. The van der Waals surface area contributed by atoms with Crippen molar-refractivity contribution in [3.63, 3.8) is 0 Å². The molecule has 2 aromatic rings. The van der Waals surface area contributed by atoms with Gasteiger partial charge in [-0.1, -0.05) is 30.3 Å². The third-order valence-corrected chi connectivity index (χ3v) is 3.95. The van der Waals surface area contributed by atoms with Crippen LogP contribution in [0.3, 0.4) is 0 Å². The quantitative estimate of drug-likeness (QED) is 0.897. The van der Waals surface area contributed by atoms with E-state index in [4.69, 9.17) is 5.73 Å². The molecule has 2 unspecified atom stereocenters. The molecule has 2 N–H and O–H groups in total. The number of rotatable bonds is 3. The van der Waals surface area contributed by atoms with E-state index in [1.807, 2.05) is 18.2 Å². The van der Waals surface area contributed by atoms with Gasteiger partial charge in [0.1, 0.15) is 12.2 Å². The largest absolute Gasteiger partial charge is 0.323 e.